The fraction of sp³-hybridized carbons (Fsp3) is 0.250. The van der Waals surface area contributed by atoms with Crippen LogP contribution in [0.15, 0.2) is 47.4 Å². The number of nitrogens with two attached hydrogens (primary N) is 1. The summed E-state index contributed by atoms with van der Waals surface area (Å²) in [5.41, 5.74) is -0.0963. The van der Waals surface area contributed by atoms with Gasteiger partial charge in [-0.05, 0) is 24.3 Å². The molecule has 0 aliphatic carbocycles. The highest BCUT2D eigenvalue weighted by molar-refractivity contribution is 7.89. The van der Waals surface area contributed by atoms with Crippen molar-refractivity contribution in [3.05, 3.63) is 52.6 Å². The van der Waals surface area contributed by atoms with Crippen LogP contribution in [0.4, 0.5) is 11.4 Å². The quantitative estimate of drug-likeness (QED) is 0.616. The van der Waals surface area contributed by atoms with Crippen LogP contribution in [0.5, 0.6) is 11.5 Å². The van der Waals surface area contributed by atoms with E-state index in [1.807, 2.05) is 12.1 Å². The molecule has 0 saturated carbocycles. The van der Waals surface area contributed by atoms with E-state index < -0.39 is 14.9 Å². The zero-order chi connectivity index (χ0) is 18.9. The van der Waals surface area contributed by atoms with E-state index >= 15 is 0 Å². The number of likely N-dealkylation sites (N-methyl/N-ethyl adjacent to an activating group) is 1. The summed E-state index contributed by atoms with van der Waals surface area (Å²) >= 11 is 0. The van der Waals surface area contributed by atoms with Crippen molar-refractivity contribution < 1.29 is 22.8 Å². The largest absolute Gasteiger partial charge is 0.486 e. The van der Waals surface area contributed by atoms with Gasteiger partial charge in [0.25, 0.3) is 5.69 Å². The molecule has 0 radical (unpaired) electrons. The number of primary sulfonamides is 1. The third-order valence-corrected chi connectivity index (χ3v) is 4.84. The number of benzene rings is 2. The minimum atomic E-state index is -4.03. The molecule has 9 nitrogen and oxygen atoms in total. The van der Waals surface area contributed by atoms with Crippen LogP contribution >= 0.6 is 0 Å². The molecule has 3 rings (SSSR count). The van der Waals surface area contributed by atoms with Gasteiger partial charge in [-0.2, -0.15) is 0 Å². The van der Waals surface area contributed by atoms with Crippen molar-refractivity contribution in [1.82, 2.24) is 0 Å². The van der Waals surface area contributed by atoms with E-state index in [4.69, 9.17) is 14.6 Å². The molecular formula is C16H17N3O6S. The van der Waals surface area contributed by atoms with E-state index in [0.717, 1.165) is 6.07 Å². The van der Waals surface area contributed by atoms with Gasteiger partial charge in [0.15, 0.2) is 17.6 Å². The van der Waals surface area contributed by atoms with Gasteiger partial charge in [0.05, 0.1) is 16.4 Å². The van der Waals surface area contributed by atoms with Gasteiger partial charge < -0.3 is 14.4 Å². The minimum absolute atomic E-state index is 0.254. The van der Waals surface area contributed by atoms with Crippen LogP contribution in [0, 0.1) is 10.1 Å². The molecule has 0 amide bonds. The maximum atomic E-state index is 11.4. The van der Waals surface area contributed by atoms with Gasteiger partial charge in [-0.25, -0.2) is 13.6 Å². The molecular weight excluding hydrogens is 362 g/mol. The molecule has 1 aliphatic rings. The lowest BCUT2D eigenvalue weighted by atomic mass is 10.2. The number of fused-ring (bicyclic) bond motifs is 1. The Balaban J connectivity index is 1.82. The second-order valence-electron chi connectivity index (χ2n) is 5.83. The Morgan fingerprint density at radius 2 is 1.96 bits per heavy atom. The first-order valence-electron chi connectivity index (χ1n) is 7.66. The maximum Gasteiger partial charge on any atom is 0.293 e. The average Bonchev–Trinajstić information content (AvgIpc) is 2.60. The van der Waals surface area contributed by atoms with Crippen molar-refractivity contribution in [2.24, 2.45) is 5.14 Å². The molecule has 0 spiro atoms. The van der Waals surface area contributed by atoms with Crippen LogP contribution in [-0.2, 0) is 10.0 Å². The van der Waals surface area contributed by atoms with Crippen LogP contribution in [0.3, 0.4) is 0 Å². The monoisotopic (exact) mass is 379 g/mol. The van der Waals surface area contributed by atoms with Gasteiger partial charge in [0.2, 0.25) is 10.0 Å². The predicted molar refractivity (Wildman–Crippen MR) is 94.1 cm³/mol. The zero-order valence-corrected chi connectivity index (χ0v) is 14.7. The number of anilines is 1. The topological polar surface area (TPSA) is 125 Å². The standard InChI is InChI=1S/C16H17N3O6S/c1-18(9-11-10-24-15-4-2-3-5-16(15)25-11)13-7-6-12(26(17,22)23)8-14(13)19(20)21/h2-8,11H,9-10H2,1H3,(H2,17,22,23). The molecule has 2 aromatic carbocycles. The summed E-state index contributed by atoms with van der Waals surface area (Å²) in [6.45, 7) is 0.605. The van der Waals surface area contributed by atoms with Crippen molar-refractivity contribution in [3.8, 4) is 11.5 Å². The summed E-state index contributed by atoms with van der Waals surface area (Å²) in [4.78, 5) is 12.0. The summed E-state index contributed by atoms with van der Waals surface area (Å²) in [5, 5.41) is 16.4. The molecule has 1 atom stereocenters. The number of rotatable bonds is 5. The third kappa shape index (κ3) is 3.70. The van der Waals surface area contributed by atoms with Crippen LogP contribution < -0.4 is 19.5 Å². The Morgan fingerprint density at radius 1 is 1.27 bits per heavy atom. The first kappa shape index (κ1) is 18.0. The van der Waals surface area contributed by atoms with Crippen molar-refractivity contribution in [2.45, 2.75) is 11.0 Å². The number of hydrogen-bond acceptors (Lipinski definition) is 7. The highest BCUT2D eigenvalue weighted by Gasteiger charge is 2.26. The van der Waals surface area contributed by atoms with E-state index in [1.165, 1.54) is 12.1 Å². The van der Waals surface area contributed by atoms with E-state index in [0.29, 0.717) is 24.7 Å². The zero-order valence-electron chi connectivity index (χ0n) is 13.9. The predicted octanol–water partition coefficient (Wildman–Crippen LogP) is 1.52. The number of nitrogens with zero attached hydrogens (tertiary/aromatic N) is 2. The summed E-state index contributed by atoms with van der Waals surface area (Å²) < 4.78 is 34.3. The van der Waals surface area contributed by atoms with Crippen LogP contribution in [0.2, 0.25) is 0 Å². The molecule has 0 bridgehead atoms. The van der Waals surface area contributed by atoms with Crippen molar-refractivity contribution in [1.29, 1.82) is 0 Å². The van der Waals surface area contributed by atoms with Crippen LogP contribution in [0.25, 0.3) is 0 Å². The fourth-order valence-electron chi connectivity index (χ4n) is 2.71. The molecule has 0 fully saturated rings. The van der Waals surface area contributed by atoms with Gasteiger partial charge in [0, 0.05) is 13.1 Å². The normalized spacial score (nSPS) is 16.2. The number of hydrogen-bond donors (Lipinski definition) is 1. The van der Waals surface area contributed by atoms with Gasteiger partial charge in [-0.1, -0.05) is 12.1 Å². The summed E-state index contributed by atoms with van der Waals surface area (Å²) in [7, 11) is -2.37. The Hall–Kier alpha value is -2.85. The summed E-state index contributed by atoms with van der Waals surface area (Å²) in [6.07, 6.45) is -0.340. The van der Waals surface area contributed by atoms with Gasteiger partial charge >= 0.3 is 0 Å². The number of ether oxygens (including phenoxy) is 2. The molecule has 1 aliphatic heterocycles. The molecule has 10 heteroatoms. The fourth-order valence-corrected chi connectivity index (χ4v) is 3.24. The number of para-hydroxylation sites is 2. The van der Waals surface area contributed by atoms with E-state index in [2.05, 4.69) is 0 Å². The van der Waals surface area contributed by atoms with Crippen LogP contribution in [-0.4, -0.2) is 39.6 Å². The molecule has 1 heterocycles. The smallest absolute Gasteiger partial charge is 0.293 e. The number of nitro benzene ring substituents is 1. The SMILES string of the molecule is CN(CC1COc2ccccc2O1)c1ccc(S(N)(=O)=O)cc1[N+](=O)[O-]. The Morgan fingerprint density at radius 3 is 2.62 bits per heavy atom. The molecule has 1 unspecified atom stereocenters. The summed E-state index contributed by atoms with van der Waals surface area (Å²) in [5.74, 6) is 1.26. The lowest BCUT2D eigenvalue weighted by Gasteiger charge is -2.30. The average molecular weight is 379 g/mol. The van der Waals surface area contributed by atoms with Crippen LogP contribution in [0.1, 0.15) is 0 Å². The Labute approximate surface area is 150 Å². The maximum absolute atomic E-state index is 11.4. The minimum Gasteiger partial charge on any atom is -0.486 e. The Kier molecular flexibility index (Phi) is 4.70. The lowest BCUT2D eigenvalue weighted by Crippen LogP contribution is -2.39. The highest BCUT2D eigenvalue weighted by Crippen LogP contribution is 2.33. The van der Waals surface area contributed by atoms with Crippen molar-refractivity contribution in [3.63, 3.8) is 0 Å². The third-order valence-electron chi connectivity index (χ3n) is 3.93. The molecule has 138 valence electrons. The van der Waals surface area contributed by atoms with Crippen molar-refractivity contribution >= 4 is 21.4 Å². The van der Waals surface area contributed by atoms with Gasteiger partial charge in [0.1, 0.15) is 12.3 Å². The number of sulfonamides is 1. The Bertz CT molecular complexity index is 947. The van der Waals surface area contributed by atoms with E-state index in [-0.39, 0.29) is 22.4 Å². The number of nitro groups is 1. The van der Waals surface area contributed by atoms with Gasteiger partial charge in [-0.3, -0.25) is 10.1 Å². The van der Waals surface area contributed by atoms with Crippen molar-refractivity contribution in [2.75, 3.05) is 25.1 Å². The van der Waals surface area contributed by atoms with E-state index in [9.17, 15) is 18.5 Å². The molecule has 0 aromatic heterocycles. The first-order valence-corrected chi connectivity index (χ1v) is 9.21. The van der Waals surface area contributed by atoms with E-state index in [1.54, 1.807) is 24.1 Å². The molecule has 2 N–H and O–H groups in total. The van der Waals surface area contributed by atoms with Gasteiger partial charge in [-0.15, -0.1) is 0 Å². The molecule has 2 aromatic rings. The second-order valence-corrected chi connectivity index (χ2v) is 7.39. The molecule has 26 heavy (non-hydrogen) atoms. The second kappa shape index (κ2) is 6.81. The lowest BCUT2D eigenvalue weighted by molar-refractivity contribution is -0.384. The highest BCUT2D eigenvalue weighted by atomic mass is 32.2. The molecule has 0 saturated heterocycles. The summed E-state index contributed by atoms with van der Waals surface area (Å²) in [6, 6.07) is 10.8. The first-order chi connectivity index (χ1) is 12.3.